The van der Waals surface area contributed by atoms with Crippen molar-refractivity contribution in [2.45, 2.75) is 57.3 Å². The maximum absolute atomic E-state index is 12.8. The van der Waals surface area contributed by atoms with Gasteiger partial charge in [0.15, 0.2) is 11.0 Å². The molecule has 0 fully saturated rings. The molecule has 1 heterocycles. The van der Waals surface area contributed by atoms with Crippen molar-refractivity contribution in [1.29, 1.82) is 0 Å². The standard InChI is InChI=1S/C26H35N5OS/c1-7-22(30(5)6)24-28-29-25(31(24)17-19-13-9-8-10-14-19)33-18-23(32)27-21-16-12-11-15-20(21)26(2,3)4/h8-16,22H,7,17-18H2,1-6H3,(H,27,32). The fourth-order valence-corrected chi connectivity index (χ4v) is 4.65. The first-order chi connectivity index (χ1) is 15.7. The van der Waals surface area contributed by atoms with Crippen molar-refractivity contribution >= 4 is 23.4 Å². The molecule has 6 nitrogen and oxygen atoms in total. The molecule has 176 valence electrons. The summed E-state index contributed by atoms with van der Waals surface area (Å²) in [5.74, 6) is 1.14. The molecule has 0 spiro atoms. The normalized spacial score (nSPS) is 12.7. The van der Waals surface area contributed by atoms with Gasteiger partial charge in [-0.2, -0.15) is 0 Å². The first kappa shape index (κ1) is 25.0. The van der Waals surface area contributed by atoms with Gasteiger partial charge < -0.3 is 9.88 Å². The van der Waals surface area contributed by atoms with Crippen molar-refractivity contribution in [3.8, 4) is 0 Å². The molecular formula is C26H35N5OS. The number of anilines is 1. The predicted octanol–water partition coefficient (Wildman–Crippen LogP) is 5.37. The van der Waals surface area contributed by atoms with Crippen LogP contribution in [0.3, 0.4) is 0 Å². The van der Waals surface area contributed by atoms with Gasteiger partial charge in [0, 0.05) is 5.69 Å². The van der Waals surface area contributed by atoms with Crippen LogP contribution in [0.25, 0.3) is 0 Å². The first-order valence-corrected chi connectivity index (χ1v) is 12.3. The second kappa shape index (κ2) is 11.0. The van der Waals surface area contributed by atoms with E-state index in [1.54, 1.807) is 0 Å². The molecule has 0 aliphatic heterocycles. The summed E-state index contributed by atoms with van der Waals surface area (Å²) < 4.78 is 2.14. The number of hydrogen-bond donors (Lipinski definition) is 1. The van der Waals surface area contributed by atoms with E-state index >= 15 is 0 Å². The highest BCUT2D eigenvalue weighted by molar-refractivity contribution is 7.99. The van der Waals surface area contributed by atoms with E-state index in [0.717, 1.165) is 28.7 Å². The Hall–Kier alpha value is -2.64. The van der Waals surface area contributed by atoms with E-state index in [1.165, 1.54) is 17.3 Å². The SMILES string of the molecule is CCC(c1nnc(SCC(=O)Nc2ccccc2C(C)(C)C)n1Cc1ccccc1)N(C)C. The Balaban J connectivity index is 1.79. The van der Waals surface area contributed by atoms with Crippen molar-refractivity contribution in [2.75, 3.05) is 25.2 Å². The molecule has 3 aromatic rings. The number of rotatable bonds is 9. The van der Waals surface area contributed by atoms with Gasteiger partial charge in [0.25, 0.3) is 0 Å². The Morgan fingerprint density at radius 2 is 1.73 bits per heavy atom. The van der Waals surface area contributed by atoms with Crippen LogP contribution in [0, 0.1) is 0 Å². The number of amides is 1. The summed E-state index contributed by atoms with van der Waals surface area (Å²) in [7, 11) is 4.12. The molecule has 0 radical (unpaired) electrons. The summed E-state index contributed by atoms with van der Waals surface area (Å²) in [6.07, 6.45) is 0.925. The Morgan fingerprint density at radius 3 is 2.36 bits per heavy atom. The zero-order valence-corrected chi connectivity index (χ0v) is 21.3. The lowest BCUT2D eigenvalue weighted by Gasteiger charge is -2.23. The van der Waals surface area contributed by atoms with Gasteiger partial charge in [-0.3, -0.25) is 9.69 Å². The third-order valence-corrected chi connectivity index (χ3v) is 6.55. The first-order valence-electron chi connectivity index (χ1n) is 11.4. The van der Waals surface area contributed by atoms with E-state index in [-0.39, 0.29) is 23.1 Å². The van der Waals surface area contributed by atoms with Gasteiger partial charge in [-0.15, -0.1) is 10.2 Å². The topological polar surface area (TPSA) is 63.1 Å². The Labute approximate surface area is 201 Å². The molecule has 0 bridgehead atoms. The number of hydrogen-bond acceptors (Lipinski definition) is 5. The lowest BCUT2D eigenvalue weighted by Crippen LogP contribution is -2.23. The van der Waals surface area contributed by atoms with Gasteiger partial charge in [0.2, 0.25) is 5.91 Å². The van der Waals surface area contributed by atoms with Gasteiger partial charge >= 0.3 is 0 Å². The molecular weight excluding hydrogens is 430 g/mol. The van der Waals surface area contributed by atoms with E-state index in [2.05, 4.69) is 85.0 Å². The number of para-hydroxylation sites is 1. The number of nitrogens with one attached hydrogen (secondary N) is 1. The lowest BCUT2D eigenvalue weighted by molar-refractivity contribution is -0.113. The van der Waals surface area contributed by atoms with Crippen LogP contribution in [-0.4, -0.2) is 45.4 Å². The molecule has 7 heteroatoms. The van der Waals surface area contributed by atoms with Crippen molar-refractivity contribution in [2.24, 2.45) is 0 Å². The minimum atomic E-state index is -0.0525. The number of thioether (sulfide) groups is 1. The van der Waals surface area contributed by atoms with E-state index < -0.39 is 0 Å². The van der Waals surface area contributed by atoms with Gasteiger partial charge in [-0.05, 0) is 43.1 Å². The molecule has 0 aliphatic carbocycles. The van der Waals surface area contributed by atoms with E-state index in [4.69, 9.17) is 0 Å². The number of carbonyl (C=O) groups is 1. The van der Waals surface area contributed by atoms with Crippen LogP contribution in [0.4, 0.5) is 5.69 Å². The van der Waals surface area contributed by atoms with Crippen molar-refractivity contribution in [3.63, 3.8) is 0 Å². The zero-order valence-electron chi connectivity index (χ0n) is 20.5. The van der Waals surface area contributed by atoms with Crippen molar-refractivity contribution < 1.29 is 4.79 Å². The lowest BCUT2D eigenvalue weighted by atomic mass is 9.86. The fraction of sp³-hybridized carbons (Fsp3) is 0.423. The minimum absolute atomic E-state index is 0.0489. The van der Waals surface area contributed by atoms with Crippen LogP contribution in [-0.2, 0) is 16.8 Å². The molecule has 33 heavy (non-hydrogen) atoms. The highest BCUT2D eigenvalue weighted by Crippen LogP contribution is 2.30. The van der Waals surface area contributed by atoms with Gasteiger partial charge in [0.05, 0.1) is 18.3 Å². The van der Waals surface area contributed by atoms with Gasteiger partial charge in [-0.25, -0.2) is 0 Å². The molecule has 1 aromatic heterocycles. The highest BCUT2D eigenvalue weighted by Gasteiger charge is 2.23. The highest BCUT2D eigenvalue weighted by atomic mass is 32.2. The summed E-state index contributed by atoms with van der Waals surface area (Å²) in [6, 6.07) is 18.4. The van der Waals surface area contributed by atoms with E-state index in [1.807, 2.05) is 36.4 Å². The molecule has 0 saturated heterocycles. The van der Waals surface area contributed by atoms with Gasteiger partial charge in [-0.1, -0.05) is 88.0 Å². The van der Waals surface area contributed by atoms with Crippen molar-refractivity contribution in [1.82, 2.24) is 19.7 Å². The van der Waals surface area contributed by atoms with Crippen LogP contribution in [0.5, 0.6) is 0 Å². The Bertz CT molecular complexity index is 1060. The van der Waals surface area contributed by atoms with E-state index in [9.17, 15) is 4.79 Å². The molecule has 1 unspecified atom stereocenters. The van der Waals surface area contributed by atoms with E-state index in [0.29, 0.717) is 6.54 Å². The molecule has 1 atom stereocenters. The maximum Gasteiger partial charge on any atom is 0.234 e. The molecule has 3 rings (SSSR count). The van der Waals surface area contributed by atoms with Crippen LogP contribution >= 0.6 is 11.8 Å². The quantitative estimate of drug-likeness (QED) is 0.431. The number of nitrogens with zero attached hydrogens (tertiary/aromatic N) is 4. The average Bonchev–Trinajstić information content (AvgIpc) is 3.15. The number of carbonyl (C=O) groups excluding carboxylic acids is 1. The summed E-state index contributed by atoms with van der Waals surface area (Å²) in [5.41, 5.74) is 3.11. The summed E-state index contributed by atoms with van der Waals surface area (Å²) in [6.45, 7) is 9.27. The number of benzene rings is 2. The smallest absolute Gasteiger partial charge is 0.234 e. The average molecular weight is 466 g/mol. The van der Waals surface area contributed by atoms with Crippen LogP contribution in [0.2, 0.25) is 0 Å². The third-order valence-electron chi connectivity index (χ3n) is 5.58. The van der Waals surface area contributed by atoms with Crippen molar-refractivity contribution in [3.05, 3.63) is 71.5 Å². The second-order valence-corrected chi connectivity index (χ2v) is 10.4. The molecule has 0 saturated carbocycles. The second-order valence-electron chi connectivity index (χ2n) is 9.43. The van der Waals surface area contributed by atoms with Crippen LogP contribution < -0.4 is 5.32 Å². The zero-order chi connectivity index (χ0) is 24.0. The molecule has 0 aliphatic rings. The predicted molar refractivity (Wildman–Crippen MR) is 137 cm³/mol. The maximum atomic E-state index is 12.8. The summed E-state index contributed by atoms with van der Waals surface area (Å²) >= 11 is 1.43. The van der Waals surface area contributed by atoms with Crippen LogP contribution in [0.15, 0.2) is 59.8 Å². The minimum Gasteiger partial charge on any atom is -0.325 e. The number of aromatic nitrogens is 3. The Kier molecular flexibility index (Phi) is 8.32. The Morgan fingerprint density at radius 1 is 1.06 bits per heavy atom. The largest absolute Gasteiger partial charge is 0.325 e. The molecule has 1 amide bonds. The monoisotopic (exact) mass is 465 g/mol. The molecule has 2 aromatic carbocycles. The summed E-state index contributed by atoms with van der Waals surface area (Å²) in [4.78, 5) is 15.0. The summed E-state index contributed by atoms with van der Waals surface area (Å²) in [5, 5.41) is 12.8. The van der Waals surface area contributed by atoms with Gasteiger partial charge in [0.1, 0.15) is 0 Å². The molecule has 1 N–H and O–H groups in total. The fourth-order valence-electron chi connectivity index (χ4n) is 3.91. The third kappa shape index (κ3) is 6.45. The van der Waals surface area contributed by atoms with Crippen LogP contribution in [0.1, 0.15) is 57.1 Å².